The molecule has 2 atom stereocenters. The van der Waals surface area contributed by atoms with Crippen molar-refractivity contribution in [3.63, 3.8) is 0 Å². The molecule has 3 nitrogen and oxygen atoms in total. The van der Waals surface area contributed by atoms with Gasteiger partial charge in [-0.3, -0.25) is 0 Å². The predicted molar refractivity (Wildman–Crippen MR) is 88.5 cm³/mol. The van der Waals surface area contributed by atoms with Crippen LogP contribution >= 0.6 is 0 Å². The van der Waals surface area contributed by atoms with Gasteiger partial charge in [0.1, 0.15) is 0 Å². The van der Waals surface area contributed by atoms with Gasteiger partial charge >= 0.3 is 0 Å². The molecule has 20 heavy (non-hydrogen) atoms. The third-order valence-electron chi connectivity index (χ3n) is 2.73. The SMILES string of the molecule is C[Si](C)(C)C[C@@H](O)/C=C/C=C/C=C\[C@@H](O)CCCCO. The molecule has 0 aliphatic rings. The molecule has 0 aliphatic heterocycles. The van der Waals surface area contributed by atoms with Gasteiger partial charge < -0.3 is 15.3 Å². The first-order valence-electron chi connectivity index (χ1n) is 7.34. The van der Waals surface area contributed by atoms with Gasteiger partial charge in [-0.05, 0) is 25.3 Å². The van der Waals surface area contributed by atoms with Crippen LogP contribution in [-0.2, 0) is 0 Å². The second-order valence-corrected chi connectivity index (χ2v) is 11.8. The summed E-state index contributed by atoms with van der Waals surface area (Å²) in [4.78, 5) is 0. The van der Waals surface area contributed by atoms with E-state index in [0.717, 1.165) is 18.9 Å². The Morgan fingerprint density at radius 1 is 0.850 bits per heavy atom. The van der Waals surface area contributed by atoms with Crippen molar-refractivity contribution < 1.29 is 15.3 Å². The zero-order valence-corrected chi connectivity index (χ0v) is 14.0. The second kappa shape index (κ2) is 11.0. The maximum atomic E-state index is 9.79. The van der Waals surface area contributed by atoms with Crippen molar-refractivity contribution in [2.75, 3.05) is 6.61 Å². The Kier molecular flexibility index (Phi) is 10.7. The van der Waals surface area contributed by atoms with E-state index in [4.69, 9.17) is 5.11 Å². The summed E-state index contributed by atoms with van der Waals surface area (Å²) in [5.41, 5.74) is 0. The number of hydrogen-bond acceptors (Lipinski definition) is 3. The van der Waals surface area contributed by atoms with Gasteiger partial charge in [-0.25, -0.2) is 0 Å². The Balaban J connectivity index is 3.89. The van der Waals surface area contributed by atoms with Crippen LogP contribution in [0.15, 0.2) is 36.5 Å². The highest BCUT2D eigenvalue weighted by molar-refractivity contribution is 6.76. The Morgan fingerprint density at radius 3 is 1.90 bits per heavy atom. The number of aliphatic hydroxyl groups excluding tert-OH is 3. The fourth-order valence-corrected chi connectivity index (χ4v) is 3.16. The third-order valence-corrected chi connectivity index (χ3v) is 4.37. The van der Waals surface area contributed by atoms with E-state index in [1.54, 1.807) is 18.2 Å². The van der Waals surface area contributed by atoms with Crippen LogP contribution in [0.2, 0.25) is 25.7 Å². The maximum absolute atomic E-state index is 9.79. The van der Waals surface area contributed by atoms with Crippen LogP contribution in [0.1, 0.15) is 19.3 Å². The quantitative estimate of drug-likeness (QED) is 0.330. The second-order valence-electron chi connectivity index (χ2n) is 6.27. The maximum Gasteiger partial charge on any atom is 0.0724 e. The highest BCUT2D eigenvalue weighted by Gasteiger charge is 2.16. The Bertz CT molecular complexity index is 316. The largest absolute Gasteiger partial charge is 0.396 e. The van der Waals surface area contributed by atoms with Crippen molar-refractivity contribution >= 4 is 8.07 Å². The number of unbranched alkanes of at least 4 members (excludes halogenated alkanes) is 1. The van der Waals surface area contributed by atoms with Gasteiger partial charge in [0.05, 0.1) is 12.2 Å². The summed E-state index contributed by atoms with van der Waals surface area (Å²) in [6.07, 6.45) is 12.3. The lowest BCUT2D eigenvalue weighted by Crippen LogP contribution is -2.25. The molecule has 0 amide bonds. The minimum Gasteiger partial charge on any atom is -0.396 e. The molecule has 0 saturated carbocycles. The molecule has 3 N–H and O–H groups in total. The molecule has 0 aromatic heterocycles. The molecule has 4 heteroatoms. The van der Waals surface area contributed by atoms with E-state index in [1.807, 2.05) is 18.2 Å². The fraction of sp³-hybridized carbons (Fsp3) is 0.625. The average Bonchev–Trinajstić information content (AvgIpc) is 2.31. The smallest absolute Gasteiger partial charge is 0.0724 e. The third kappa shape index (κ3) is 13.7. The Labute approximate surface area is 124 Å². The topological polar surface area (TPSA) is 60.7 Å². The molecule has 116 valence electrons. The molecule has 0 heterocycles. The lowest BCUT2D eigenvalue weighted by Gasteiger charge is -2.17. The van der Waals surface area contributed by atoms with Gasteiger partial charge in [-0.15, -0.1) is 0 Å². The highest BCUT2D eigenvalue weighted by atomic mass is 28.3. The summed E-state index contributed by atoms with van der Waals surface area (Å²) in [6.45, 7) is 6.89. The first kappa shape index (κ1) is 19.3. The van der Waals surface area contributed by atoms with E-state index in [-0.39, 0.29) is 12.7 Å². The number of hydrogen-bond donors (Lipinski definition) is 3. The molecule has 0 aromatic carbocycles. The number of rotatable bonds is 10. The summed E-state index contributed by atoms with van der Waals surface area (Å²) in [7, 11) is -1.22. The lowest BCUT2D eigenvalue weighted by molar-refractivity contribution is 0.201. The van der Waals surface area contributed by atoms with Gasteiger partial charge in [0.2, 0.25) is 0 Å². The van der Waals surface area contributed by atoms with Crippen LogP contribution in [0.5, 0.6) is 0 Å². The minimum absolute atomic E-state index is 0.181. The summed E-state index contributed by atoms with van der Waals surface area (Å²) < 4.78 is 0. The van der Waals surface area contributed by atoms with Crippen molar-refractivity contribution in [3.8, 4) is 0 Å². The molecule has 0 aromatic rings. The van der Waals surface area contributed by atoms with Crippen LogP contribution in [0, 0.1) is 0 Å². The lowest BCUT2D eigenvalue weighted by atomic mass is 10.1. The summed E-state index contributed by atoms with van der Waals surface area (Å²) in [6, 6.07) is 0.872. The van der Waals surface area contributed by atoms with Gasteiger partial charge in [0.15, 0.2) is 0 Å². The van der Waals surface area contributed by atoms with Gasteiger partial charge in [-0.2, -0.15) is 0 Å². The molecule has 0 rings (SSSR count). The van der Waals surface area contributed by atoms with Gasteiger partial charge in [0, 0.05) is 14.7 Å². The van der Waals surface area contributed by atoms with E-state index in [1.165, 1.54) is 0 Å². The van der Waals surface area contributed by atoms with E-state index in [9.17, 15) is 10.2 Å². The van der Waals surface area contributed by atoms with Crippen molar-refractivity contribution in [1.82, 2.24) is 0 Å². The molecule has 0 spiro atoms. The van der Waals surface area contributed by atoms with Crippen LogP contribution in [0.25, 0.3) is 0 Å². The molecule has 0 unspecified atom stereocenters. The van der Waals surface area contributed by atoms with Crippen molar-refractivity contribution in [1.29, 1.82) is 0 Å². The van der Waals surface area contributed by atoms with Gasteiger partial charge in [0.25, 0.3) is 0 Å². The molecule has 0 saturated heterocycles. The molecule has 0 aliphatic carbocycles. The van der Waals surface area contributed by atoms with Crippen molar-refractivity contribution in [3.05, 3.63) is 36.5 Å². The van der Waals surface area contributed by atoms with Crippen molar-refractivity contribution in [2.24, 2.45) is 0 Å². The van der Waals surface area contributed by atoms with E-state index in [2.05, 4.69) is 19.6 Å². The first-order valence-corrected chi connectivity index (χ1v) is 11.0. The van der Waals surface area contributed by atoms with Crippen LogP contribution in [0.3, 0.4) is 0 Å². The van der Waals surface area contributed by atoms with E-state index >= 15 is 0 Å². The normalized spacial score (nSPS) is 16.5. The average molecular weight is 298 g/mol. The monoisotopic (exact) mass is 298 g/mol. The molecular weight excluding hydrogens is 268 g/mol. The first-order chi connectivity index (χ1) is 9.35. The van der Waals surface area contributed by atoms with E-state index in [0.29, 0.717) is 6.42 Å². The fourth-order valence-electron chi connectivity index (χ4n) is 1.77. The molecular formula is C16H30O3Si. The Hall–Kier alpha value is -0.683. The minimum atomic E-state index is -1.22. The van der Waals surface area contributed by atoms with Crippen molar-refractivity contribution in [2.45, 2.75) is 57.2 Å². The van der Waals surface area contributed by atoms with Crippen LogP contribution in [-0.4, -0.2) is 42.2 Å². The standard InChI is InChI=1S/C16H30O3Si/c1-20(2,3)14-16(19)12-7-5-4-6-10-15(18)11-8-9-13-17/h4-7,10,12,15-19H,8-9,11,13-14H2,1-3H3/b5-4+,10-6-,12-7+/t15-,16+/m1/s1. The summed E-state index contributed by atoms with van der Waals surface area (Å²) >= 11 is 0. The zero-order valence-electron chi connectivity index (χ0n) is 13.0. The number of aliphatic hydroxyl groups is 3. The van der Waals surface area contributed by atoms with Crippen LogP contribution < -0.4 is 0 Å². The Morgan fingerprint density at radius 2 is 1.40 bits per heavy atom. The number of allylic oxidation sites excluding steroid dienone is 4. The predicted octanol–water partition coefficient (Wildman–Crippen LogP) is 2.88. The molecule has 0 fully saturated rings. The molecule has 0 radical (unpaired) electrons. The van der Waals surface area contributed by atoms with Crippen LogP contribution in [0.4, 0.5) is 0 Å². The highest BCUT2D eigenvalue weighted by Crippen LogP contribution is 2.12. The summed E-state index contributed by atoms with van der Waals surface area (Å²) in [5.74, 6) is 0. The van der Waals surface area contributed by atoms with E-state index < -0.39 is 14.2 Å². The zero-order chi connectivity index (χ0) is 15.4. The molecule has 0 bridgehead atoms. The van der Waals surface area contributed by atoms with Gasteiger partial charge in [-0.1, -0.05) is 56.1 Å². The summed E-state index contributed by atoms with van der Waals surface area (Å²) in [5, 5.41) is 28.0.